The van der Waals surface area contributed by atoms with Crippen LogP contribution in [0.25, 0.3) is 0 Å². The number of anilines is 1. The molecule has 0 aromatic heterocycles. The summed E-state index contributed by atoms with van der Waals surface area (Å²) in [5.41, 5.74) is 2.64. The summed E-state index contributed by atoms with van der Waals surface area (Å²) < 4.78 is 5.82. The molecule has 1 aliphatic heterocycles. The number of nitrogens with one attached hydrogen (secondary N) is 1. The lowest BCUT2D eigenvalue weighted by Crippen LogP contribution is -2.43. The Hall–Kier alpha value is -1.26. The van der Waals surface area contributed by atoms with E-state index in [0.29, 0.717) is 0 Å². The van der Waals surface area contributed by atoms with Gasteiger partial charge in [0.15, 0.2) is 0 Å². The van der Waals surface area contributed by atoms with Gasteiger partial charge < -0.3 is 19.9 Å². The van der Waals surface area contributed by atoms with E-state index in [2.05, 4.69) is 54.3 Å². The first-order valence-electron chi connectivity index (χ1n) is 7.50. The first-order chi connectivity index (χ1) is 9.66. The van der Waals surface area contributed by atoms with E-state index in [-0.39, 0.29) is 0 Å². The van der Waals surface area contributed by atoms with Crippen molar-refractivity contribution in [2.24, 2.45) is 0 Å². The van der Waals surface area contributed by atoms with Gasteiger partial charge >= 0.3 is 0 Å². The molecule has 112 valence electrons. The van der Waals surface area contributed by atoms with Crippen molar-refractivity contribution in [1.82, 2.24) is 10.2 Å². The highest BCUT2D eigenvalue weighted by atomic mass is 16.5. The molecule has 0 spiro atoms. The van der Waals surface area contributed by atoms with Crippen LogP contribution >= 0.6 is 0 Å². The number of benzene rings is 1. The predicted octanol–water partition coefficient (Wildman–Crippen LogP) is 1.74. The van der Waals surface area contributed by atoms with Crippen molar-refractivity contribution in [1.29, 1.82) is 0 Å². The molecular formula is C16H27N3O. The molecule has 1 aliphatic rings. The lowest BCUT2D eigenvalue weighted by atomic mass is 10.1. The lowest BCUT2D eigenvalue weighted by molar-refractivity contribution is 0.281. The van der Waals surface area contributed by atoms with Gasteiger partial charge in [-0.05, 0) is 51.2 Å². The molecule has 0 bridgehead atoms. The Balaban J connectivity index is 1.88. The van der Waals surface area contributed by atoms with Crippen molar-refractivity contribution < 1.29 is 4.74 Å². The number of nitrogens with zero attached hydrogens (tertiary/aromatic N) is 2. The van der Waals surface area contributed by atoms with Crippen LogP contribution in [-0.4, -0.2) is 58.3 Å². The van der Waals surface area contributed by atoms with Gasteiger partial charge in [0.2, 0.25) is 0 Å². The summed E-state index contributed by atoms with van der Waals surface area (Å²) in [7, 11) is 4.18. The van der Waals surface area contributed by atoms with Gasteiger partial charge in [-0.15, -0.1) is 0 Å². The van der Waals surface area contributed by atoms with Crippen LogP contribution in [0, 0.1) is 6.92 Å². The molecule has 1 saturated heterocycles. The average Bonchev–Trinajstić information content (AvgIpc) is 2.44. The second-order valence-electron chi connectivity index (χ2n) is 5.69. The number of hydrogen-bond donors (Lipinski definition) is 1. The summed E-state index contributed by atoms with van der Waals surface area (Å²) in [5.74, 6) is 0.986. The van der Waals surface area contributed by atoms with Gasteiger partial charge in [-0.1, -0.05) is 0 Å². The highest BCUT2D eigenvalue weighted by Crippen LogP contribution is 2.25. The van der Waals surface area contributed by atoms with E-state index in [1.807, 2.05) is 0 Å². The molecule has 4 nitrogen and oxygen atoms in total. The van der Waals surface area contributed by atoms with Crippen LogP contribution in [-0.2, 0) is 0 Å². The lowest BCUT2D eigenvalue weighted by Gasteiger charge is -2.30. The second kappa shape index (κ2) is 7.50. The molecule has 1 aromatic carbocycles. The normalized spacial score (nSPS) is 15.7. The molecule has 20 heavy (non-hydrogen) atoms. The summed E-state index contributed by atoms with van der Waals surface area (Å²) in [5, 5.41) is 3.39. The van der Waals surface area contributed by atoms with Crippen LogP contribution in [0.5, 0.6) is 5.75 Å². The number of piperazine rings is 1. The zero-order chi connectivity index (χ0) is 14.4. The Morgan fingerprint density at radius 3 is 2.65 bits per heavy atom. The highest BCUT2D eigenvalue weighted by molar-refractivity contribution is 5.56. The van der Waals surface area contributed by atoms with Gasteiger partial charge in [0.05, 0.1) is 6.61 Å². The van der Waals surface area contributed by atoms with Crippen molar-refractivity contribution in [3.05, 3.63) is 23.8 Å². The minimum absolute atomic E-state index is 0.782. The van der Waals surface area contributed by atoms with Gasteiger partial charge in [-0.3, -0.25) is 0 Å². The maximum atomic E-state index is 5.82. The molecule has 0 aliphatic carbocycles. The Morgan fingerprint density at radius 1 is 1.25 bits per heavy atom. The molecule has 1 fully saturated rings. The maximum absolute atomic E-state index is 5.82. The fourth-order valence-corrected chi connectivity index (χ4v) is 2.55. The summed E-state index contributed by atoms with van der Waals surface area (Å²) in [4.78, 5) is 4.63. The highest BCUT2D eigenvalue weighted by Gasteiger charge is 2.12. The van der Waals surface area contributed by atoms with E-state index in [1.165, 1.54) is 11.3 Å². The van der Waals surface area contributed by atoms with Crippen LogP contribution in [0.3, 0.4) is 0 Å². The number of rotatable bonds is 6. The monoisotopic (exact) mass is 277 g/mol. The minimum atomic E-state index is 0.782. The molecule has 0 radical (unpaired) electrons. The smallest absolute Gasteiger partial charge is 0.119 e. The van der Waals surface area contributed by atoms with E-state index < -0.39 is 0 Å². The third-order valence-electron chi connectivity index (χ3n) is 3.64. The minimum Gasteiger partial charge on any atom is -0.494 e. The average molecular weight is 277 g/mol. The third-order valence-corrected chi connectivity index (χ3v) is 3.64. The first kappa shape index (κ1) is 15.1. The molecule has 4 heteroatoms. The van der Waals surface area contributed by atoms with Crippen molar-refractivity contribution in [2.45, 2.75) is 13.3 Å². The van der Waals surface area contributed by atoms with E-state index in [9.17, 15) is 0 Å². The van der Waals surface area contributed by atoms with Gasteiger partial charge in [-0.2, -0.15) is 0 Å². The van der Waals surface area contributed by atoms with Crippen molar-refractivity contribution >= 4 is 5.69 Å². The summed E-state index contributed by atoms with van der Waals surface area (Å²) in [6, 6.07) is 6.45. The molecule has 1 heterocycles. The molecule has 0 amide bonds. The predicted molar refractivity (Wildman–Crippen MR) is 84.9 cm³/mol. The standard InChI is InChI=1S/C16H27N3O/c1-14-13-15(20-12-4-9-18(2)3)5-6-16(14)19-10-7-17-8-11-19/h5-6,13,17H,4,7-12H2,1-3H3. The molecule has 1 N–H and O–H groups in total. The quantitative estimate of drug-likeness (QED) is 0.802. The largest absolute Gasteiger partial charge is 0.494 e. The number of hydrogen-bond acceptors (Lipinski definition) is 4. The Morgan fingerprint density at radius 2 is 2.00 bits per heavy atom. The second-order valence-corrected chi connectivity index (χ2v) is 5.69. The number of aryl methyl sites for hydroxylation is 1. The summed E-state index contributed by atoms with van der Waals surface area (Å²) in [6.07, 6.45) is 1.06. The van der Waals surface area contributed by atoms with Crippen molar-refractivity contribution in [2.75, 3.05) is 58.3 Å². The van der Waals surface area contributed by atoms with Crippen LogP contribution in [0.2, 0.25) is 0 Å². The van der Waals surface area contributed by atoms with Gasteiger partial charge in [0.25, 0.3) is 0 Å². The molecule has 0 saturated carbocycles. The van der Waals surface area contributed by atoms with E-state index in [0.717, 1.165) is 51.5 Å². The summed E-state index contributed by atoms with van der Waals surface area (Å²) in [6.45, 7) is 8.34. The zero-order valence-corrected chi connectivity index (χ0v) is 13.0. The third kappa shape index (κ3) is 4.39. The SMILES string of the molecule is Cc1cc(OCCCN(C)C)ccc1N1CCNCC1. The molecule has 0 atom stereocenters. The molecule has 2 rings (SSSR count). The van der Waals surface area contributed by atoms with E-state index in [1.54, 1.807) is 0 Å². The van der Waals surface area contributed by atoms with Crippen LogP contribution in [0.15, 0.2) is 18.2 Å². The first-order valence-corrected chi connectivity index (χ1v) is 7.50. The number of ether oxygens (including phenoxy) is 1. The van der Waals surface area contributed by atoms with Gasteiger partial charge in [0.1, 0.15) is 5.75 Å². The van der Waals surface area contributed by atoms with Gasteiger partial charge in [0, 0.05) is 38.4 Å². The molecule has 1 aromatic rings. The maximum Gasteiger partial charge on any atom is 0.119 e. The Bertz CT molecular complexity index is 414. The fraction of sp³-hybridized carbons (Fsp3) is 0.625. The molecule has 0 unspecified atom stereocenters. The van der Waals surface area contributed by atoms with Crippen LogP contribution < -0.4 is 15.0 Å². The molecular weight excluding hydrogens is 250 g/mol. The van der Waals surface area contributed by atoms with Crippen molar-refractivity contribution in [3.8, 4) is 5.75 Å². The fourth-order valence-electron chi connectivity index (χ4n) is 2.55. The van der Waals surface area contributed by atoms with E-state index >= 15 is 0 Å². The van der Waals surface area contributed by atoms with Crippen LogP contribution in [0.4, 0.5) is 5.69 Å². The summed E-state index contributed by atoms with van der Waals surface area (Å²) >= 11 is 0. The van der Waals surface area contributed by atoms with E-state index in [4.69, 9.17) is 4.74 Å². The van der Waals surface area contributed by atoms with Crippen LogP contribution in [0.1, 0.15) is 12.0 Å². The Labute approximate surface area is 122 Å². The van der Waals surface area contributed by atoms with Crippen molar-refractivity contribution in [3.63, 3.8) is 0 Å². The van der Waals surface area contributed by atoms with Gasteiger partial charge in [-0.25, -0.2) is 0 Å². The zero-order valence-electron chi connectivity index (χ0n) is 13.0. The topological polar surface area (TPSA) is 27.7 Å². The Kier molecular flexibility index (Phi) is 5.68.